The first kappa shape index (κ1) is 18.5. The Balaban J connectivity index is 1.70. The van der Waals surface area contributed by atoms with Crippen molar-refractivity contribution in [3.63, 3.8) is 0 Å². The van der Waals surface area contributed by atoms with Crippen molar-refractivity contribution in [2.24, 2.45) is 0 Å². The van der Waals surface area contributed by atoms with Gasteiger partial charge in [-0.15, -0.1) is 11.8 Å². The summed E-state index contributed by atoms with van der Waals surface area (Å²) in [5.41, 5.74) is 3.04. The van der Waals surface area contributed by atoms with Crippen molar-refractivity contribution in [3.8, 4) is 0 Å². The van der Waals surface area contributed by atoms with Gasteiger partial charge in [0, 0.05) is 28.1 Å². The number of esters is 1. The second-order valence-corrected chi connectivity index (χ2v) is 6.99. The van der Waals surface area contributed by atoms with Crippen molar-refractivity contribution in [2.45, 2.75) is 31.2 Å². The number of ether oxygens (including phenoxy) is 1. The maximum atomic E-state index is 12.5. The lowest BCUT2D eigenvalue weighted by atomic mass is 10.2. The minimum Gasteiger partial charge on any atom is -0.457 e. The summed E-state index contributed by atoms with van der Waals surface area (Å²) in [6.07, 6.45) is 1.65. The number of aromatic nitrogens is 2. The zero-order chi connectivity index (χ0) is 18.5. The molecule has 2 aromatic heterocycles. The molecule has 0 aliphatic carbocycles. The van der Waals surface area contributed by atoms with E-state index in [0.29, 0.717) is 21.4 Å². The number of hydrogen-bond acceptors (Lipinski definition) is 6. The minimum absolute atomic E-state index is 0.112. The van der Waals surface area contributed by atoms with E-state index in [-0.39, 0.29) is 6.61 Å². The first-order chi connectivity index (χ1) is 12.6. The average Bonchev–Trinajstić information content (AvgIpc) is 2.97. The third-order valence-electron chi connectivity index (χ3n) is 3.84. The number of carbonyl (C=O) groups is 1. The molecule has 0 saturated carbocycles. The topological polar surface area (TPSA) is 65.2 Å². The zero-order valence-corrected chi connectivity index (χ0v) is 15.9. The number of aryl methyl sites for hydroxylation is 2. The van der Waals surface area contributed by atoms with Gasteiger partial charge in [0.1, 0.15) is 17.4 Å². The maximum Gasteiger partial charge on any atom is 0.341 e. The average molecular weight is 389 g/mol. The number of pyridine rings is 1. The quantitative estimate of drug-likeness (QED) is 0.438. The Morgan fingerprint density at radius 3 is 2.77 bits per heavy atom. The SMILES string of the molecule is Cc1noc(C)c1CSc1ncccc1C(=O)OCc1ccccc1Cl. The molecule has 0 spiro atoms. The van der Waals surface area contributed by atoms with Crippen molar-refractivity contribution < 1.29 is 14.1 Å². The van der Waals surface area contributed by atoms with Crippen molar-refractivity contribution >= 4 is 29.3 Å². The first-order valence-electron chi connectivity index (χ1n) is 7.96. The highest BCUT2D eigenvalue weighted by Gasteiger charge is 2.17. The first-order valence-corrected chi connectivity index (χ1v) is 9.32. The molecule has 0 unspecified atom stereocenters. The molecule has 0 aliphatic heterocycles. The van der Waals surface area contributed by atoms with Crippen LogP contribution in [0.5, 0.6) is 0 Å². The van der Waals surface area contributed by atoms with Gasteiger partial charge in [0.15, 0.2) is 0 Å². The molecule has 134 valence electrons. The van der Waals surface area contributed by atoms with Crippen LogP contribution in [0.1, 0.15) is 32.9 Å². The number of nitrogens with zero attached hydrogens (tertiary/aromatic N) is 2. The van der Waals surface area contributed by atoms with E-state index in [1.807, 2.05) is 32.0 Å². The van der Waals surface area contributed by atoms with Gasteiger partial charge in [0.25, 0.3) is 0 Å². The van der Waals surface area contributed by atoms with Gasteiger partial charge in [-0.05, 0) is 32.0 Å². The summed E-state index contributed by atoms with van der Waals surface area (Å²) in [6, 6.07) is 10.7. The van der Waals surface area contributed by atoms with Crippen LogP contribution in [-0.4, -0.2) is 16.1 Å². The Hall–Kier alpha value is -2.31. The molecule has 0 aliphatic rings. The van der Waals surface area contributed by atoms with Gasteiger partial charge < -0.3 is 9.26 Å². The normalized spacial score (nSPS) is 10.7. The Labute approximate surface area is 160 Å². The molecule has 0 atom stereocenters. The van der Waals surface area contributed by atoms with Crippen LogP contribution in [0.3, 0.4) is 0 Å². The molecule has 7 heteroatoms. The Morgan fingerprint density at radius 2 is 2.04 bits per heavy atom. The van der Waals surface area contributed by atoms with Crippen LogP contribution in [-0.2, 0) is 17.1 Å². The molecule has 0 fully saturated rings. The predicted molar refractivity (Wildman–Crippen MR) is 100 cm³/mol. The van der Waals surface area contributed by atoms with Crippen LogP contribution < -0.4 is 0 Å². The Morgan fingerprint density at radius 1 is 1.23 bits per heavy atom. The number of rotatable bonds is 6. The van der Waals surface area contributed by atoms with E-state index in [9.17, 15) is 4.79 Å². The van der Waals surface area contributed by atoms with Crippen LogP contribution in [0.15, 0.2) is 52.1 Å². The van der Waals surface area contributed by atoms with E-state index in [4.69, 9.17) is 20.9 Å². The van der Waals surface area contributed by atoms with Crippen LogP contribution in [0, 0.1) is 13.8 Å². The molecule has 0 N–H and O–H groups in total. The van der Waals surface area contributed by atoms with Crippen molar-refractivity contribution in [1.29, 1.82) is 0 Å². The summed E-state index contributed by atoms with van der Waals surface area (Å²) in [5.74, 6) is 0.955. The molecular weight excluding hydrogens is 372 g/mol. The summed E-state index contributed by atoms with van der Waals surface area (Å²) >= 11 is 7.55. The van der Waals surface area contributed by atoms with Gasteiger partial charge in [-0.1, -0.05) is 35.0 Å². The van der Waals surface area contributed by atoms with E-state index in [0.717, 1.165) is 22.6 Å². The third kappa shape index (κ3) is 4.26. The highest BCUT2D eigenvalue weighted by atomic mass is 35.5. The highest BCUT2D eigenvalue weighted by Crippen LogP contribution is 2.28. The van der Waals surface area contributed by atoms with Crippen LogP contribution in [0.25, 0.3) is 0 Å². The molecule has 0 saturated heterocycles. The predicted octanol–water partition coefficient (Wildman–Crippen LogP) is 4.99. The third-order valence-corrected chi connectivity index (χ3v) is 5.24. The van der Waals surface area contributed by atoms with E-state index in [2.05, 4.69) is 10.1 Å². The molecular formula is C19H17ClN2O3S. The van der Waals surface area contributed by atoms with Crippen molar-refractivity contribution in [2.75, 3.05) is 0 Å². The number of benzene rings is 1. The Kier molecular flexibility index (Phi) is 5.96. The maximum absolute atomic E-state index is 12.5. The second kappa shape index (κ2) is 8.38. The van der Waals surface area contributed by atoms with Crippen LogP contribution in [0.4, 0.5) is 0 Å². The van der Waals surface area contributed by atoms with Crippen LogP contribution in [0.2, 0.25) is 5.02 Å². The largest absolute Gasteiger partial charge is 0.457 e. The summed E-state index contributed by atoms with van der Waals surface area (Å²) in [6.45, 7) is 3.87. The van der Waals surface area contributed by atoms with Crippen LogP contribution >= 0.6 is 23.4 Å². The minimum atomic E-state index is -0.431. The van der Waals surface area contributed by atoms with Gasteiger partial charge in [-0.25, -0.2) is 9.78 Å². The van der Waals surface area contributed by atoms with E-state index in [1.165, 1.54) is 11.8 Å². The van der Waals surface area contributed by atoms with E-state index >= 15 is 0 Å². The molecule has 0 amide bonds. The van der Waals surface area contributed by atoms with E-state index < -0.39 is 5.97 Å². The van der Waals surface area contributed by atoms with Gasteiger partial charge in [0.05, 0.1) is 11.3 Å². The smallest absolute Gasteiger partial charge is 0.341 e. The lowest BCUT2D eigenvalue weighted by molar-refractivity contribution is 0.0468. The molecule has 26 heavy (non-hydrogen) atoms. The number of hydrogen-bond donors (Lipinski definition) is 0. The second-order valence-electron chi connectivity index (χ2n) is 5.62. The van der Waals surface area contributed by atoms with E-state index in [1.54, 1.807) is 24.4 Å². The van der Waals surface area contributed by atoms with Crippen molar-refractivity contribution in [3.05, 3.63) is 75.8 Å². The highest BCUT2D eigenvalue weighted by molar-refractivity contribution is 7.98. The summed E-state index contributed by atoms with van der Waals surface area (Å²) in [7, 11) is 0. The lowest BCUT2D eigenvalue weighted by Gasteiger charge is -2.09. The molecule has 0 radical (unpaired) electrons. The fourth-order valence-electron chi connectivity index (χ4n) is 2.35. The molecule has 5 nitrogen and oxygen atoms in total. The van der Waals surface area contributed by atoms with Gasteiger partial charge in [-0.3, -0.25) is 0 Å². The number of thioether (sulfide) groups is 1. The van der Waals surface area contributed by atoms with Gasteiger partial charge in [-0.2, -0.15) is 0 Å². The summed E-state index contributed by atoms with van der Waals surface area (Å²) in [5, 5.41) is 5.12. The standard InChI is InChI=1S/C19H17ClN2O3S/c1-12-16(13(2)25-22-12)11-26-18-15(7-5-9-21-18)19(23)24-10-14-6-3-4-8-17(14)20/h3-9H,10-11H2,1-2H3. The summed E-state index contributed by atoms with van der Waals surface area (Å²) < 4.78 is 10.6. The summed E-state index contributed by atoms with van der Waals surface area (Å²) in [4.78, 5) is 16.8. The molecule has 3 aromatic rings. The molecule has 0 bridgehead atoms. The molecule has 3 rings (SSSR count). The van der Waals surface area contributed by atoms with Gasteiger partial charge in [0.2, 0.25) is 0 Å². The molecule has 2 heterocycles. The fraction of sp³-hybridized carbons (Fsp3) is 0.211. The zero-order valence-electron chi connectivity index (χ0n) is 14.4. The number of halogens is 1. The Bertz CT molecular complexity index is 907. The lowest BCUT2D eigenvalue weighted by Crippen LogP contribution is -2.08. The van der Waals surface area contributed by atoms with Crippen molar-refractivity contribution in [1.82, 2.24) is 10.1 Å². The molecule has 1 aromatic carbocycles. The monoisotopic (exact) mass is 388 g/mol. The fourth-order valence-corrected chi connectivity index (χ4v) is 3.67. The number of carbonyl (C=O) groups excluding carboxylic acids is 1. The van der Waals surface area contributed by atoms with Gasteiger partial charge >= 0.3 is 5.97 Å².